The molecule has 1 aromatic rings. The summed E-state index contributed by atoms with van der Waals surface area (Å²) >= 11 is 0. The summed E-state index contributed by atoms with van der Waals surface area (Å²) in [5, 5.41) is 17.3. The molecule has 0 aliphatic rings. The minimum atomic E-state index is -1.21. The van der Waals surface area contributed by atoms with Gasteiger partial charge in [0.2, 0.25) is 0 Å². The van der Waals surface area contributed by atoms with Crippen molar-refractivity contribution in [3.8, 4) is 6.07 Å². The summed E-state index contributed by atoms with van der Waals surface area (Å²) in [6.07, 6.45) is 1.35. The van der Waals surface area contributed by atoms with Gasteiger partial charge in [-0.15, -0.1) is 0 Å². The molecule has 0 aromatic heterocycles. The third-order valence-electron chi connectivity index (χ3n) is 2.07. The summed E-state index contributed by atoms with van der Waals surface area (Å²) in [6, 6.07) is 8.91. The molecule has 0 spiro atoms. The van der Waals surface area contributed by atoms with Crippen LogP contribution in [0.2, 0.25) is 0 Å². The average Bonchev–Trinajstić information content (AvgIpc) is 2.26. The van der Waals surface area contributed by atoms with Crippen LogP contribution in [0.4, 0.5) is 5.69 Å². The number of rotatable bonds is 3. The van der Waals surface area contributed by atoms with Gasteiger partial charge in [0.15, 0.2) is 0 Å². The molecule has 0 aliphatic carbocycles. The number of hydrogen-bond donors (Lipinski definition) is 1. The van der Waals surface area contributed by atoms with Gasteiger partial charge in [0, 0.05) is 19.8 Å². The van der Waals surface area contributed by atoms with E-state index >= 15 is 0 Å². The van der Waals surface area contributed by atoms with Crippen molar-refractivity contribution < 1.29 is 9.90 Å². The Morgan fingerprint density at radius 1 is 1.38 bits per heavy atom. The number of anilines is 1. The zero-order valence-electron chi connectivity index (χ0n) is 9.14. The van der Waals surface area contributed by atoms with Gasteiger partial charge in [0.25, 0.3) is 0 Å². The summed E-state index contributed by atoms with van der Waals surface area (Å²) in [7, 11) is 3.84. The maximum absolute atomic E-state index is 10.6. The molecule has 4 nitrogen and oxygen atoms in total. The Kier molecular flexibility index (Phi) is 3.67. The molecule has 4 heteroatoms. The molecule has 0 saturated carbocycles. The van der Waals surface area contributed by atoms with Crippen molar-refractivity contribution >= 4 is 17.7 Å². The van der Waals surface area contributed by atoms with E-state index in [9.17, 15) is 4.79 Å². The van der Waals surface area contributed by atoms with Crippen LogP contribution in [0.1, 0.15) is 5.56 Å². The lowest BCUT2D eigenvalue weighted by molar-refractivity contribution is -0.132. The first-order chi connectivity index (χ1) is 7.54. The molecule has 0 unspecified atom stereocenters. The molecule has 0 heterocycles. The topological polar surface area (TPSA) is 64.3 Å². The maximum atomic E-state index is 10.6. The minimum absolute atomic E-state index is 0.266. The molecule has 0 bridgehead atoms. The summed E-state index contributed by atoms with van der Waals surface area (Å²) in [5.74, 6) is -1.21. The van der Waals surface area contributed by atoms with Crippen LogP contribution in [-0.2, 0) is 4.79 Å². The highest BCUT2D eigenvalue weighted by molar-refractivity contribution is 5.96. The van der Waals surface area contributed by atoms with Gasteiger partial charge in [-0.1, -0.05) is 12.1 Å². The molecule has 0 atom stereocenters. The third-order valence-corrected chi connectivity index (χ3v) is 2.07. The maximum Gasteiger partial charge on any atom is 0.346 e. The molecule has 0 aliphatic heterocycles. The van der Waals surface area contributed by atoms with E-state index in [1.54, 1.807) is 18.2 Å². The van der Waals surface area contributed by atoms with Crippen LogP contribution >= 0.6 is 0 Å². The van der Waals surface area contributed by atoms with Gasteiger partial charge in [0.05, 0.1) is 0 Å². The van der Waals surface area contributed by atoms with Crippen LogP contribution in [0.15, 0.2) is 29.8 Å². The number of nitrogens with zero attached hydrogens (tertiary/aromatic N) is 2. The van der Waals surface area contributed by atoms with Gasteiger partial charge >= 0.3 is 5.97 Å². The second kappa shape index (κ2) is 4.99. The molecule has 0 amide bonds. The Hall–Kier alpha value is -2.28. The number of benzene rings is 1. The second-order valence-corrected chi connectivity index (χ2v) is 3.46. The lowest BCUT2D eigenvalue weighted by atomic mass is 10.1. The number of nitriles is 1. The van der Waals surface area contributed by atoms with Crippen molar-refractivity contribution in [1.82, 2.24) is 0 Å². The number of carboxylic acid groups (broad SMARTS) is 1. The third kappa shape index (κ3) is 2.85. The van der Waals surface area contributed by atoms with E-state index in [1.807, 2.05) is 31.1 Å². The van der Waals surface area contributed by atoms with Crippen molar-refractivity contribution in [2.24, 2.45) is 0 Å². The molecular formula is C12H12N2O2. The Bertz CT molecular complexity index is 453. The first kappa shape index (κ1) is 11.8. The number of carboxylic acids is 1. The van der Waals surface area contributed by atoms with E-state index < -0.39 is 5.97 Å². The van der Waals surface area contributed by atoms with Crippen LogP contribution in [0.25, 0.3) is 6.08 Å². The molecular weight excluding hydrogens is 204 g/mol. The highest BCUT2D eigenvalue weighted by Crippen LogP contribution is 2.14. The van der Waals surface area contributed by atoms with Gasteiger partial charge in [-0.2, -0.15) is 5.26 Å². The van der Waals surface area contributed by atoms with Gasteiger partial charge in [0.1, 0.15) is 11.6 Å². The van der Waals surface area contributed by atoms with E-state index in [0.29, 0.717) is 5.56 Å². The first-order valence-corrected chi connectivity index (χ1v) is 4.67. The monoisotopic (exact) mass is 216 g/mol. The van der Waals surface area contributed by atoms with E-state index in [1.165, 1.54) is 6.08 Å². The Morgan fingerprint density at radius 2 is 1.94 bits per heavy atom. The lowest BCUT2D eigenvalue weighted by Crippen LogP contribution is -2.08. The summed E-state index contributed by atoms with van der Waals surface area (Å²) in [6.45, 7) is 0. The van der Waals surface area contributed by atoms with Crippen molar-refractivity contribution in [1.29, 1.82) is 5.26 Å². The predicted molar refractivity (Wildman–Crippen MR) is 62.0 cm³/mol. The fourth-order valence-corrected chi connectivity index (χ4v) is 1.18. The smallest absolute Gasteiger partial charge is 0.346 e. The standard InChI is InChI=1S/C12H12N2O2/c1-14(2)11-5-3-9(4-6-11)7-10(8-13)12(15)16/h3-7H,1-2H3,(H,15,16)/b10-7+. The second-order valence-electron chi connectivity index (χ2n) is 3.46. The van der Waals surface area contributed by atoms with Crippen molar-refractivity contribution in [2.45, 2.75) is 0 Å². The highest BCUT2D eigenvalue weighted by Gasteiger charge is 2.05. The lowest BCUT2D eigenvalue weighted by Gasteiger charge is -2.11. The van der Waals surface area contributed by atoms with Gasteiger partial charge in [-0.3, -0.25) is 0 Å². The van der Waals surface area contributed by atoms with Crippen molar-refractivity contribution in [3.05, 3.63) is 35.4 Å². The molecule has 0 saturated heterocycles. The summed E-state index contributed by atoms with van der Waals surface area (Å²) in [5.41, 5.74) is 1.45. The van der Waals surface area contributed by atoms with E-state index in [-0.39, 0.29) is 5.57 Å². The average molecular weight is 216 g/mol. The summed E-state index contributed by atoms with van der Waals surface area (Å²) in [4.78, 5) is 12.6. The molecule has 1 N–H and O–H groups in total. The Balaban J connectivity index is 3.00. The van der Waals surface area contributed by atoms with Crippen molar-refractivity contribution in [2.75, 3.05) is 19.0 Å². The number of carbonyl (C=O) groups is 1. The van der Waals surface area contributed by atoms with Crippen LogP contribution in [0, 0.1) is 11.3 Å². The number of aliphatic carboxylic acids is 1. The molecule has 16 heavy (non-hydrogen) atoms. The van der Waals surface area contributed by atoms with Crippen LogP contribution in [0.3, 0.4) is 0 Å². The van der Waals surface area contributed by atoms with E-state index in [4.69, 9.17) is 10.4 Å². The fraction of sp³-hybridized carbons (Fsp3) is 0.167. The number of hydrogen-bond acceptors (Lipinski definition) is 3. The molecule has 0 radical (unpaired) electrons. The quantitative estimate of drug-likeness (QED) is 0.617. The van der Waals surface area contributed by atoms with Crippen molar-refractivity contribution in [3.63, 3.8) is 0 Å². The largest absolute Gasteiger partial charge is 0.477 e. The van der Waals surface area contributed by atoms with Gasteiger partial charge in [-0.05, 0) is 23.8 Å². The van der Waals surface area contributed by atoms with Crippen LogP contribution in [0.5, 0.6) is 0 Å². The molecule has 1 aromatic carbocycles. The zero-order valence-corrected chi connectivity index (χ0v) is 9.14. The summed E-state index contributed by atoms with van der Waals surface area (Å²) < 4.78 is 0. The highest BCUT2D eigenvalue weighted by atomic mass is 16.4. The molecule has 0 fully saturated rings. The molecule has 82 valence electrons. The van der Waals surface area contributed by atoms with E-state index in [0.717, 1.165) is 5.69 Å². The fourth-order valence-electron chi connectivity index (χ4n) is 1.18. The van der Waals surface area contributed by atoms with Crippen LogP contribution in [-0.4, -0.2) is 25.2 Å². The zero-order chi connectivity index (χ0) is 12.1. The van der Waals surface area contributed by atoms with Gasteiger partial charge in [-0.25, -0.2) is 4.79 Å². The van der Waals surface area contributed by atoms with Crippen LogP contribution < -0.4 is 4.90 Å². The van der Waals surface area contributed by atoms with Gasteiger partial charge < -0.3 is 10.0 Å². The van der Waals surface area contributed by atoms with E-state index in [2.05, 4.69) is 0 Å². The Morgan fingerprint density at radius 3 is 2.31 bits per heavy atom. The first-order valence-electron chi connectivity index (χ1n) is 4.67. The normalized spacial score (nSPS) is 10.7. The predicted octanol–water partition coefficient (Wildman–Crippen LogP) is 1.74. The molecule has 1 rings (SSSR count). The SMILES string of the molecule is CN(C)c1ccc(/C=C(\C#N)C(=O)O)cc1. The Labute approximate surface area is 94.0 Å². The minimum Gasteiger partial charge on any atom is -0.477 e.